The van der Waals surface area contributed by atoms with Crippen molar-refractivity contribution in [3.8, 4) is 0 Å². The van der Waals surface area contributed by atoms with E-state index in [1.165, 1.54) is 18.6 Å². The molecule has 88 valence electrons. The predicted molar refractivity (Wildman–Crippen MR) is 61.2 cm³/mol. The van der Waals surface area contributed by atoms with Crippen LogP contribution in [-0.4, -0.2) is 20.1 Å². The summed E-state index contributed by atoms with van der Waals surface area (Å²) in [6.07, 6.45) is 3.48. The van der Waals surface area contributed by atoms with Gasteiger partial charge < -0.3 is 17.8 Å². The minimum Gasteiger partial charge on any atom is -0.445 e. The van der Waals surface area contributed by atoms with E-state index in [0.29, 0.717) is 0 Å². The second-order valence-electron chi connectivity index (χ2n) is 4.21. The van der Waals surface area contributed by atoms with Gasteiger partial charge in [-0.25, -0.2) is 0 Å². The molecule has 1 aliphatic rings. The fourth-order valence-corrected chi connectivity index (χ4v) is 2.06. The van der Waals surface area contributed by atoms with Crippen molar-refractivity contribution in [1.29, 1.82) is 0 Å². The van der Waals surface area contributed by atoms with Crippen LogP contribution >= 0.6 is 0 Å². The first-order valence-corrected chi connectivity index (χ1v) is 5.62. The van der Waals surface area contributed by atoms with E-state index in [-0.39, 0.29) is 51.4 Å². The molecule has 0 N–H and O–H groups in total. The van der Waals surface area contributed by atoms with Gasteiger partial charge in [-0.05, 0) is 31.4 Å². The van der Waals surface area contributed by atoms with Crippen LogP contribution in [0.15, 0.2) is 24.3 Å². The summed E-state index contributed by atoms with van der Waals surface area (Å²) < 4.78 is 37.2. The Morgan fingerprint density at radius 3 is 1.88 bits per heavy atom. The quantitative estimate of drug-likeness (QED) is 0.667. The van der Waals surface area contributed by atoms with E-state index < -0.39 is 12.4 Å². The number of hydrogen-bond acceptors (Lipinski definition) is 1. The molecule has 2 rings (SSSR count). The molecule has 6 heteroatoms. The Morgan fingerprint density at radius 1 is 0.882 bits per heavy atom. The number of hydrogen-bond donors (Lipinski definition) is 0. The molecule has 0 atom stereocenters. The zero-order chi connectivity index (χ0) is 11.6. The van der Waals surface area contributed by atoms with Gasteiger partial charge in [0.25, 0.3) is 0 Å². The molecule has 0 aromatic heterocycles. The minimum absolute atomic E-state index is 0. The number of halogens is 3. The standard InChI is InChI=1S/C11H14BF3N.K/c13-12(14,15)10-4-6-11(7-5-10)16-8-2-1-3-9-16;/h4-7H,1-3,8-9H2;/q-1;+1. The van der Waals surface area contributed by atoms with Gasteiger partial charge in [-0.2, -0.15) is 0 Å². The van der Waals surface area contributed by atoms with Crippen molar-refractivity contribution < 1.29 is 64.3 Å². The maximum absolute atomic E-state index is 12.4. The Morgan fingerprint density at radius 2 is 1.41 bits per heavy atom. The van der Waals surface area contributed by atoms with Crippen LogP contribution in [0.25, 0.3) is 0 Å². The Labute approximate surface area is 142 Å². The Bertz CT molecular complexity index is 347. The number of anilines is 1. The molecule has 17 heavy (non-hydrogen) atoms. The van der Waals surface area contributed by atoms with Crippen LogP contribution in [-0.2, 0) is 0 Å². The fraction of sp³-hybridized carbons (Fsp3) is 0.455. The van der Waals surface area contributed by atoms with Gasteiger partial charge in [0.2, 0.25) is 0 Å². The van der Waals surface area contributed by atoms with Gasteiger partial charge in [-0.15, -0.1) is 5.46 Å². The molecule has 1 aromatic carbocycles. The minimum atomic E-state index is -4.86. The van der Waals surface area contributed by atoms with E-state index in [9.17, 15) is 12.9 Å². The summed E-state index contributed by atoms with van der Waals surface area (Å²) in [5.74, 6) is 0. The SMILES string of the molecule is F[B-](F)(F)c1ccc(N2CCCCC2)cc1.[K+]. The van der Waals surface area contributed by atoms with Crippen molar-refractivity contribution in [1.82, 2.24) is 0 Å². The third-order valence-electron chi connectivity index (χ3n) is 2.99. The number of rotatable bonds is 2. The number of piperidine rings is 1. The van der Waals surface area contributed by atoms with Gasteiger partial charge in [0.05, 0.1) is 0 Å². The second kappa shape index (κ2) is 6.61. The number of nitrogens with zero attached hydrogens (tertiary/aromatic N) is 1. The summed E-state index contributed by atoms with van der Waals surface area (Å²) in [6.45, 7) is -2.95. The Hall–Kier alpha value is 0.511. The molecule has 1 nitrogen and oxygen atoms in total. The summed E-state index contributed by atoms with van der Waals surface area (Å²) in [5.41, 5.74) is 0.393. The zero-order valence-corrected chi connectivity index (χ0v) is 13.1. The van der Waals surface area contributed by atoms with Crippen LogP contribution in [0, 0.1) is 0 Å². The Balaban J connectivity index is 0.00000144. The maximum atomic E-state index is 12.4. The van der Waals surface area contributed by atoms with Crippen molar-refractivity contribution >= 4 is 18.1 Å². The van der Waals surface area contributed by atoms with Crippen LogP contribution < -0.4 is 61.7 Å². The van der Waals surface area contributed by atoms with Crippen LogP contribution in [0.4, 0.5) is 18.6 Å². The molecule has 0 saturated carbocycles. The molecule has 0 aliphatic carbocycles. The number of benzene rings is 1. The van der Waals surface area contributed by atoms with Crippen molar-refractivity contribution in [3.63, 3.8) is 0 Å². The monoisotopic (exact) mass is 267 g/mol. The summed E-state index contributed by atoms with van der Waals surface area (Å²) >= 11 is 0. The van der Waals surface area contributed by atoms with Gasteiger partial charge in [-0.3, -0.25) is 0 Å². The molecule has 0 radical (unpaired) electrons. The van der Waals surface area contributed by atoms with E-state index in [2.05, 4.69) is 4.90 Å². The van der Waals surface area contributed by atoms with Gasteiger partial charge in [0.1, 0.15) is 0 Å². The van der Waals surface area contributed by atoms with E-state index in [1.807, 2.05) is 0 Å². The molecule has 1 aliphatic heterocycles. The predicted octanol–water partition coefficient (Wildman–Crippen LogP) is -0.265. The maximum Gasteiger partial charge on any atom is 1.00 e. The van der Waals surface area contributed by atoms with Gasteiger partial charge in [-0.1, -0.05) is 12.1 Å². The molecule has 0 bridgehead atoms. The summed E-state index contributed by atoms with van der Waals surface area (Å²) in [5, 5.41) is 0. The zero-order valence-electron chi connectivity index (χ0n) is 10.0. The van der Waals surface area contributed by atoms with Crippen LogP contribution in [0.1, 0.15) is 19.3 Å². The first-order chi connectivity index (χ1) is 7.57. The first kappa shape index (κ1) is 15.6. The molecule has 1 saturated heterocycles. The molecular weight excluding hydrogens is 253 g/mol. The fourth-order valence-electron chi connectivity index (χ4n) is 2.06. The van der Waals surface area contributed by atoms with E-state index in [4.69, 9.17) is 0 Å². The van der Waals surface area contributed by atoms with Crippen LogP contribution in [0.3, 0.4) is 0 Å². The summed E-state index contributed by atoms with van der Waals surface area (Å²) in [6, 6.07) is 5.53. The normalized spacial score (nSPS) is 16.5. The van der Waals surface area contributed by atoms with E-state index in [1.54, 1.807) is 12.1 Å². The van der Waals surface area contributed by atoms with Crippen LogP contribution in [0.5, 0.6) is 0 Å². The molecule has 0 amide bonds. The molecule has 0 unspecified atom stereocenters. The summed E-state index contributed by atoms with van der Waals surface area (Å²) in [7, 11) is 0. The Kier molecular flexibility index (Phi) is 6.06. The third-order valence-corrected chi connectivity index (χ3v) is 2.99. The van der Waals surface area contributed by atoms with Gasteiger partial charge in [0.15, 0.2) is 0 Å². The molecule has 1 fully saturated rings. The van der Waals surface area contributed by atoms with Crippen molar-refractivity contribution in [2.75, 3.05) is 18.0 Å². The van der Waals surface area contributed by atoms with Crippen molar-refractivity contribution in [2.24, 2.45) is 0 Å². The van der Waals surface area contributed by atoms with Crippen LogP contribution in [0.2, 0.25) is 0 Å². The third kappa shape index (κ3) is 4.28. The first-order valence-electron chi connectivity index (χ1n) is 5.62. The summed E-state index contributed by atoms with van der Waals surface area (Å²) in [4.78, 5) is 2.15. The second-order valence-corrected chi connectivity index (χ2v) is 4.21. The molecule has 1 aromatic rings. The average Bonchev–Trinajstić information content (AvgIpc) is 2.29. The van der Waals surface area contributed by atoms with E-state index in [0.717, 1.165) is 31.6 Å². The van der Waals surface area contributed by atoms with Crippen molar-refractivity contribution in [3.05, 3.63) is 24.3 Å². The molecular formula is C11H14BF3KN. The van der Waals surface area contributed by atoms with E-state index >= 15 is 0 Å². The van der Waals surface area contributed by atoms with Gasteiger partial charge >= 0.3 is 58.4 Å². The van der Waals surface area contributed by atoms with Gasteiger partial charge in [0, 0.05) is 18.8 Å². The average molecular weight is 267 g/mol. The smallest absolute Gasteiger partial charge is 0.445 e. The topological polar surface area (TPSA) is 3.24 Å². The van der Waals surface area contributed by atoms with Crippen molar-refractivity contribution in [2.45, 2.75) is 19.3 Å². The largest absolute Gasteiger partial charge is 1.00 e. The molecule has 0 spiro atoms. The molecule has 1 heterocycles.